The predicted octanol–water partition coefficient (Wildman–Crippen LogP) is 2.00. The number of ether oxygens (including phenoxy) is 1. The molecule has 22 heavy (non-hydrogen) atoms. The first-order chi connectivity index (χ1) is 10.8. The highest BCUT2D eigenvalue weighted by atomic mass is 16.5. The minimum atomic E-state index is 0.695. The van der Waals surface area contributed by atoms with Gasteiger partial charge in [0.05, 0.1) is 7.11 Å². The van der Waals surface area contributed by atoms with Gasteiger partial charge < -0.3 is 15.4 Å². The van der Waals surface area contributed by atoms with Crippen molar-refractivity contribution < 1.29 is 4.74 Å². The molecule has 116 valence electrons. The lowest BCUT2D eigenvalue weighted by Crippen LogP contribution is -2.37. The van der Waals surface area contributed by atoms with E-state index in [2.05, 4.69) is 26.7 Å². The highest BCUT2D eigenvalue weighted by Crippen LogP contribution is 2.11. The van der Waals surface area contributed by atoms with E-state index in [0.29, 0.717) is 6.54 Å². The number of hydrogen-bond donors (Lipinski definition) is 2. The van der Waals surface area contributed by atoms with E-state index in [9.17, 15) is 0 Å². The standard InChI is InChI=1S/C17H22N4O/c1-18-17(20-11-9-15-7-3-4-10-19-15)21-13-14-6-5-8-16(12-14)22-2/h3-8,10,12H,9,11,13H2,1-2H3,(H2,18,20,21). The van der Waals surface area contributed by atoms with E-state index in [-0.39, 0.29) is 0 Å². The van der Waals surface area contributed by atoms with Crippen molar-refractivity contribution in [3.8, 4) is 5.75 Å². The van der Waals surface area contributed by atoms with Gasteiger partial charge in [0.2, 0.25) is 0 Å². The molecule has 0 aliphatic rings. The van der Waals surface area contributed by atoms with Gasteiger partial charge >= 0.3 is 0 Å². The van der Waals surface area contributed by atoms with Crippen LogP contribution < -0.4 is 15.4 Å². The van der Waals surface area contributed by atoms with Crippen LogP contribution in [0.15, 0.2) is 53.7 Å². The van der Waals surface area contributed by atoms with E-state index in [4.69, 9.17) is 4.74 Å². The van der Waals surface area contributed by atoms with Gasteiger partial charge in [0.15, 0.2) is 5.96 Å². The zero-order valence-corrected chi connectivity index (χ0v) is 13.0. The van der Waals surface area contributed by atoms with Crippen molar-refractivity contribution >= 4 is 5.96 Å². The second-order valence-electron chi connectivity index (χ2n) is 4.78. The maximum Gasteiger partial charge on any atom is 0.191 e. The monoisotopic (exact) mass is 298 g/mol. The number of rotatable bonds is 6. The van der Waals surface area contributed by atoms with Gasteiger partial charge in [-0.05, 0) is 29.8 Å². The molecule has 0 aliphatic carbocycles. The summed E-state index contributed by atoms with van der Waals surface area (Å²) in [6.45, 7) is 1.48. The van der Waals surface area contributed by atoms with Crippen LogP contribution in [0.5, 0.6) is 5.75 Å². The molecule has 1 aromatic carbocycles. The third-order valence-corrected chi connectivity index (χ3v) is 3.22. The van der Waals surface area contributed by atoms with Crippen LogP contribution in [0.4, 0.5) is 0 Å². The summed E-state index contributed by atoms with van der Waals surface area (Å²) in [5.41, 5.74) is 2.21. The molecule has 0 atom stereocenters. The van der Waals surface area contributed by atoms with Crippen LogP contribution in [0.3, 0.4) is 0 Å². The molecular weight excluding hydrogens is 276 g/mol. The van der Waals surface area contributed by atoms with Gasteiger partial charge in [0.1, 0.15) is 5.75 Å². The Bertz CT molecular complexity index is 599. The average Bonchev–Trinajstić information content (AvgIpc) is 2.59. The average molecular weight is 298 g/mol. The van der Waals surface area contributed by atoms with Crippen molar-refractivity contribution in [2.45, 2.75) is 13.0 Å². The SMILES string of the molecule is CN=C(NCCc1ccccn1)NCc1cccc(OC)c1. The number of guanidine groups is 1. The molecular formula is C17H22N4O. The fourth-order valence-electron chi connectivity index (χ4n) is 2.04. The highest BCUT2D eigenvalue weighted by molar-refractivity contribution is 5.79. The molecule has 0 radical (unpaired) electrons. The van der Waals surface area contributed by atoms with Crippen molar-refractivity contribution in [1.29, 1.82) is 0 Å². The van der Waals surface area contributed by atoms with Gasteiger partial charge in [0.25, 0.3) is 0 Å². The van der Waals surface area contributed by atoms with Gasteiger partial charge in [-0.15, -0.1) is 0 Å². The first-order valence-electron chi connectivity index (χ1n) is 7.29. The Morgan fingerprint density at radius 3 is 2.82 bits per heavy atom. The van der Waals surface area contributed by atoms with Crippen LogP contribution in [0.25, 0.3) is 0 Å². The first kappa shape index (κ1) is 15.8. The molecule has 2 rings (SSSR count). The predicted molar refractivity (Wildman–Crippen MR) is 89.1 cm³/mol. The van der Waals surface area contributed by atoms with E-state index in [1.54, 1.807) is 14.2 Å². The summed E-state index contributed by atoms with van der Waals surface area (Å²) < 4.78 is 5.22. The van der Waals surface area contributed by atoms with Crippen molar-refractivity contribution in [1.82, 2.24) is 15.6 Å². The van der Waals surface area contributed by atoms with Crippen molar-refractivity contribution in [2.24, 2.45) is 4.99 Å². The Morgan fingerprint density at radius 1 is 1.18 bits per heavy atom. The van der Waals surface area contributed by atoms with E-state index in [1.165, 1.54) is 0 Å². The van der Waals surface area contributed by atoms with Crippen LogP contribution in [0.1, 0.15) is 11.3 Å². The Balaban J connectivity index is 1.77. The summed E-state index contributed by atoms with van der Waals surface area (Å²) in [6.07, 6.45) is 2.67. The van der Waals surface area contributed by atoms with Gasteiger partial charge in [-0.25, -0.2) is 0 Å². The van der Waals surface area contributed by atoms with Crippen LogP contribution in [0.2, 0.25) is 0 Å². The largest absolute Gasteiger partial charge is 0.497 e. The Hall–Kier alpha value is -2.56. The van der Waals surface area contributed by atoms with Gasteiger partial charge in [0, 0.05) is 38.4 Å². The molecule has 1 heterocycles. The van der Waals surface area contributed by atoms with Crippen molar-refractivity contribution in [3.05, 3.63) is 59.9 Å². The lowest BCUT2D eigenvalue weighted by Gasteiger charge is -2.12. The van der Waals surface area contributed by atoms with E-state index in [1.807, 2.05) is 42.6 Å². The fourth-order valence-corrected chi connectivity index (χ4v) is 2.04. The van der Waals surface area contributed by atoms with Crippen molar-refractivity contribution in [3.63, 3.8) is 0 Å². The molecule has 0 spiro atoms. The maximum absolute atomic E-state index is 5.22. The van der Waals surface area contributed by atoms with Gasteiger partial charge in [-0.1, -0.05) is 18.2 Å². The molecule has 0 saturated carbocycles. The number of methoxy groups -OCH3 is 1. The normalized spacial score (nSPS) is 11.1. The molecule has 1 aromatic heterocycles. The minimum Gasteiger partial charge on any atom is -0.497 e. The fraction of sp³-hybridized carbons (Fsp3) is 0.294. The summed E-state index contributed by atoms with van der Waals surface area (Å²) in [5, 5.41) is 6.57. The summed E-state index contributed by atoms with van der Waals surface area (Å²) >= 11 is 0. The summed E-state index contributed by atoms with van der Waals surface area (Å²) in [5.74, 6) is 1.64. The third-order valence-electron chi connectivity index (χ3n) is 3.22. The zero-order valence-electron chi connectivity index (χ0n) is 13.0. The number of pyridine rings is 1. The van der Waals surface area contributed by atoms with Crippen molar-refractivity contribution in [2.75, 3.05) is 20.7 Å². The number of aromatic nitrogens is 1. The maximum atomic E-state index is 5.22. The van der Waals surface area contributed by atoms with E-state index in [0.717, 1.165) is 35.9 Å². The van der Waals surface area contributed by atoms with Crippen LogP contribution in [0, 0.1) is 0 Å². The molecule has 2 aromatic rings. The summed E-state index contributed by atoms with van der Waals surface area (Å²) in [4.78, 5) is 8.52. The molecule has 0 aliphatic heterocycles. The molecule has 0 fully saturated rings. The number of hydrogen-bond acceptors (Lipinski definition) is 3. The molecule has 5 heteroatoms. The van der Waals surface area contributed by atoms with Crippen LogP contribution in [-0.4, -0.2) is 31.6 Å². The smallest absolute Gasteiger partial charge is 0.191 e. The lowest BCUT2D eigenvalue weighted by molar-refractivity contribution is 0.414. The van der Waals surface area contributed by atoms with E-state index >= 15 is 0 Å². The number of nitrogens with one attached hydrogen (secondary N) is 2. The van der Waals surface area contributed by atoms with Crippen LogP contribution >= 0.6 is 0 Å². The Morgan fingerprint density at radius 2 is 2.09 bits per heavy atom. The number of benzene rings is 1. The first-order valence-corrected chi connectivity index (χ1v) is 7.29. The minimum absolute atomic E-state index is 0.695. The molecule has 5 nitrogen and oxygen atoms in total. The number of nitrogens with zero attached hydrogens (tertiary/aromatic N) is 2. The zero-order chi connectivity index (χ0) is 15.6. The second kappa shape index (κ2) is 8.67. The molecule has 0 unspecified atom stereocenters. The van der Waals surface area contributed by atoms with Gasteiger partial charge in [-0.3, -0.25) is 9.98 Å². The Kier molecular flexibility index (Phi) is 6.23. The molecule has 0 bridgehead atoms. The lowest BCUT2D eigenvalue weighted by atomic mass is 10.2. The van der Waals surface area contributed by atoms with Gasteiger partial charge in [-0.2, -0.15) is 0 Å². The highest BCUT2D eigenvalue weighted by Gasteiger charge is 2.00. The summed E-state index contributed by atoms with van der Waals surface area (Å²) in [7, 11) is 3.44. The quantitative estimate of drug-likeness (QED) is 0.632. The number of aliphatic imine (C=N–C) groups is 1. The molecule has 0 amide bonds. The van der Waals surface area contributed by atoms with E-state index < -0.39 is 0 Å². The topological polar surface area (TPSA) is 58.5 Å². The Labute approximate surface area is 131 Å². The summed E-state index contributed by atoms with van der Waals surface area (Å²) in [6, 6.07) is 13.9. The molecule has 0 saturated heterocycles. The second-order valence-corrected chi connectivity index (χ2v) is 4.78. The van der Waals surface area contributed by atoms with Crippen LogP contribution in [-0.2, 0) is 13.0 Å². The third kappa shape index (κ3) is 5.09. The molecule has 2 N–H and O–H groups in total.